The number of carbonyl (C=O) groups is 2. The van der Waals surface area contributed by atoms with E-state index in [4.69, 9.17) is 4.74 Å². The summed E-state index contributed by atoms with van der Waals surface area (Å²) in [6.07, 6.45) is 2.47. The zero-order valence-corrected chi connectivity index (χ0v) is 19.8. The quantitative estimate of drug-likeness (QED) is 0.305. The zero-order valence-electron chi connectivity index (χ0n) is 19.8. The number of carbonyl (C=O) groups excluding carboxylic acids is 2. The molecule has 0 aliphatic carbocycles. The normalized spacial score (nSPS) is 17.4. The van der Waals surface area contributed by atoms with Gasteiger partial charge in [0.05, 0.1) is 18.4 Å². The molecule has 0 spiro atoms. The van der Waals surface area contributed by atoms with Crippen LogP contribution >= 0.6 is 0 Å². The van der Waals surface area contributed by atoms with Gasteiger partial charge in [0.2, 0.25) is 0 Å². The molecule has 2 heterocycles. The maximum atomic E-state index is 13.3. The van der Waals surface area contributed by atoms with Gasteiger partial charge in [-0.25, -0.2) is 0 Å². The van der Waals surface area contributed by atoms with Crippen LogP contribution in [-0.2, 0) is 16.0 Å². The fourth-order valence-corrected chi connectivity index (χ4v) is 4.30. The number of methoxy groups -OCH3 is 1. The lowest BCUT2D eigenvalue weighted by atomic mass is 9.94. The molecule has 1 atom stereocenters. The summed E-state index contributed by atoms with van der Waals surface area (Å²) in [4.78, 5) is 32.4. The largest absolute Gasteiger partial charge is 0.507 e. The molecule has 1 unspecified atom stereocenters. The number of amides is 1. The predicted molar refractivity (Wildman–Crippen MR) is 132 cm³/mol. The van der Waals surface area contributed by atoms with Crippen LogP contribution in [0, 0.1) is 0 Å². The average Bonchev–Trinajstić information content (AvgIpc) is 3.14. The van der Waals surface area contributed by atoms with E-state index in [0.717, 1.165) is 17.5 Å². The first-order valence-corrected chi connectivity index (χ1v) is 11.4. The van der Waals surface area contributed by atoms with Gasteiger partial charge in [-0.15, -0.1) is 0 Å². The number of pyridine rings is 1. The predicted octanol–water partition coefficient (Wildman–Crippen LogP) is 5.40. The highest BCUT2D eigenvalue weighted by Gasteiger charge is 2.47. The van der Waals surface area contributed by atoms with E-state index in [1.807, 2.05) is 38.1 Å². The van der Waals surface area contributed by atoms with Gasteiger partial charge in [0.15, 0.2) is 0 Å². The molecule has 1 amide bonds. The summed E-state index contributed by atoms with van der Waals surface area (Å²) >= 11 is 0. The molecule has 1 N–H and O–H groups in total. The number of benzene rings is 2. The summed E-state index contributed by atoms with van der Waals surface area (Å²) in [5, 5.41) is 11.4. The molecule has 1 saturated heterocycles. The van der Waals surface area contributed by atoms with E-state index < -0.39 is 17.7 Å². The van der Waals surface area contributed by atoms with Crippen LogP contribution in [-0.4, -0.2) is 28.9 Å². The van der Waals surface area contributed by atoms with Crippen molar-refractivity contribution in [1.82, 2.24) is 4.98 Å². The monoisotopic (exact) mass is 456 g/mol. The highest BCUT2D eigenvalue weighted by atomic mass is 16.5. The topological polar surface area (TPSA) is 79.7 Å². The van der Waals surface area contributed by atoms with Crippen LogP contribution in [0.3, 0.4) is 0 Å². The molecular weight excluding hydrogens is 428 g/mol. The highest BCUT2D eigenvalue weighted by molar-refractivity contribution is 6.51. The van der Waals surface area contributed by atoms with Crippen molar-refractivity contribution in [2.45, 2.75) is 39.2 Å². The van der Waals surface area contributed by atoms with Crippen molar-refractivity contribution in [1.29, 1.82) is 0 Å². The van der Waals surface area contributed by atoms with Crippen molar-refractivity contribution in [3.8, 4) is 5.75 Å². The van der Waals surface area contributed by atoms with E-state index in [2.05, 4.69) is 11.9 Å². The number of ether oxygens (including phenoxy) is 1. The smallest absolute Gasteiger partial charge is 0.300 e. The maximum Gasteiger partial charge on any atom is 0.300 e. The minimum atomic E-state index is -0.849. The molecule has 1 aliphatic heterocycles. The van der Waals surface area contributed by atoms with Crippen LogP contribution in [0.4, 0.5) is 5.69 Å². The van der Waals surface area contributed by atoms with Crippen molar-refractivity contribution >= 4 is 23.1 Å². The Hall–Kier alpha value is -3.93. The molecule has 0 radical (unpaired) electrons. The molecule has 34 heavy (non-hydrogen) atoms. The lowest BCUT2D eigenvalue weighted by molar-refractivity contribution is -0.132. The summed E-state index contributed by atoms with van der Waals surface area (Å²) in [5.41, 5.74) is 3.56. The number of hydrogen-bond acceptors (Lipinski definition) is 5. The summed E-state index contributed by atoms with van der Waals surface area (Å²) in [5.74, 6) is -0.835. The van der Waals surface area contributed by atoms with E-state index >= 15 is 0 Å². The third-order valence-electron chi connectivity index (χ3n) is 6.16. The molecule has 1 aromatic heterocycles. The second-order valence-electron chi connectivity index (χ2n) is 8.56. The number of rotatable bonds is 6. The van der Waals surface area contributed by atoms with Gasteiger partial charge in [0.25, 0.3) is 11.7 Å². The van der Waals surface area contributed by atoms with Crippen LogP contribution in [0.5, 0.6) is 5.75 Å². The Morgan fingerprint density at radius 3 is 2.41 bits per heavy atom. The van der Waals surface area contributed by atoms with E-state index in [0.29, 0.717) is 22.7 Å². The Labute approximate surface area is 199 Å². The molecule has 0 saturated carbocycles. The molecule has 6 nitrogen and oxygen atoms in total. The van der Waals surface area contributed by atoms with Crippen LogP contribution < -0.4 is 9.64 Å². The van der Waals surface area contributed by atoms with Crippen LogP contribution in [0.2, 0.25) is 0 Å². The standard InChI is InChI=1S/C28H28N2O4/c1-5-18-9-12-20(13-10-18)30-25(22-8-6-7-15-29-22)24(27(32)28(30)33)26(31)19-11-14-23(34-4)21(16-19)17(2)3/h6-17,25,31H,5H2,1-4H3/b26-24-. The first-order valence-electron chi connectivity index (χ1n) is 11.4. The van der Waals surface area contributed by atoms with Crippen molar-refractivity contribution in [3.63, 3.8) is 0 Å². The van der Waals surface area contributed by atoms with Crippen molar-refractivity contribution in [2.75, 3.05) is 12.0 Å². The molecule has 1 fully saturated rings. The van der Waals surface area contributed by atoms with Crippen molar-refractivity contribution in [2.24, 2.45) is 0 Å². The second-order valence-corrected chi connectivity index (χ2v) is 8.56. The van der Waals surface area contributed by atoms with Crippen molar-refractivity contribution in [3.05, 3.63) is 94.8 Å². The molecule has 174 valence electrons. The number of Topliss-reactive ketones (excluding diaryl/α,β-unsaturated/α-hetero) is 1. The Morgan fingerprint density at radius 2 is 1.82 bits per heavy atom. The Balaban J connectivity index is 1.91. The van der Waals surface area contributed by atoms with E-state index in [1.165, 1.54) is 4.90 Å². The maximum absolute atomic E-state index is 13.3. The van der Waals surface area contributed by atoms with Crippen LogP contribution in [0.25, 0.3) is 5.76 Å². The van der Waals surface area contributed by atoms with Crippen LogP contribution in [0.15, 0.2) is 72.4 Å². The number of hydrogen-bond donors (Lipinski definition) is 1. The number of ketones is 1. The van der Waals surface area contributed by atoms with E-state index in [9.17, 15) is 14.7 Å². The molecule has 3 aromatic rings. The van der Waals surface area contributed by atoms with Gasteiger partial charge < -0.3 is 9.84 Å². The number of aliphatic hydroxyl groups is 1. The van der Waals surface area contributed by atoms with Gasteiger partial charge in [-0.05, 0) is 65.9 Å². The number of aryl methyl sites for hydroxylation is 1. The SMILES string of the molecule is CCc1ccc(N2C(=O)C(=O)/C(=C(\O)c3ccc(OC)c(C(C)C)c3)C2c2ccccn2)cc1. The molecule has 1 aliphatic rings. The third kappa shape index (κ3) is 4.07. The van der Waals surface area contributed by atoms with Gasteiger partial charge >= 0.3 is 0 Å². The minimum absolute atomic E-state index is 0.0168. The Bertz CT molecular complexity index is 1250. The lowest BCUT2D eigenvalue weighted by Crippen LogP contribution is -2.29. The summed E-state index contributed by atoms with van der Waals surface area (Å²) in [6, 6.07) is 17.2. The molecule has 2 aromatic carbocycles. The lowest BCUT2D eigenvalue weighted by Gasteiger charge is -2.25. The summed E-state index contributed by atoms with van der Waals surface area (Å²) in [6.45, 7) is 6.10. The first kappa shape index (κ1) is 23.2. The first-order chi connectivity index (χ1) is 16.4. The molecular formula is C28H28N2O4. The number of aliphatic hydroxyl groups excluding tert-OH is 1. The van der Waals surface area contributed by atoms with Gasteiger partial charge in [0, 0.05) is 17.4 Å². The zero-order chi connectivity index (χ0) is 24.4. The fraction of sp³-hybridized carbons (Fsp3) is 0.250. The Kier molecular flexibility index (Phi) is 6.50. The van der Waals surface area contributed by atoms with Gasteiger partial charge in [-0.2, -0.15) is 0 Å². The van der Waals surface area contributed by atoms with E-state index in [-0.39, 0.29) is 17.3 Å². The molecule has 6 heteroatoms. The van der Waals surface area contributed by atoms with E-state index in [1.54, 1.807) is 49.7 Å². The highest BCUT2D eigenvalue weighted by Crippen LogP contribution is 2.42. The van der Waals surface area contributed by atoms with Crippen molar-refractivity contribution < 1.29 is 19.4 Å². The summed E-state index contributed by atoms with van der Waals surface area (Å²) < 4.78 is 5.45. The third-order valence-corrected chi connectivity index (χ3v) is 6.16. The van der Waals surface area contributed by atoms with Gasteiger partial charge in [-0.1, -0.05) is 39.0 Å². The second kappa shape index (κ2) is 9.51. The Morgan fingerprint density at radius 1 is 1.09 bits per heavy atom. The average molecular weight is 457 g/mol. The summed E-state index contributed by atoms with van der Waals surface area (Å²) in [7, 11) is 1.59. The van der Waals surface area contributed by atoms with Crippen LogP contribution in [0.1, 0.15) is 55.1 Å². The number of anilines is 1. The minimum Gasteiger partial charge on any atom is -0.507 e. The molecule has 4 rings (SSSR count). The van der Waals surface area contributed by atoms with Gasteiger partial charge in [-0.3, -0.25) is 19.5 Å². The molecule has 0 bridgehead atoms. The fourth-order valence-electron chi connectivity index (χ4n) is 4.30. The van der Waals surface area contributed by atoms with Gasteiger partial charge in [0.1, 0.15) is 17.6 Å². The number of nitrogens with zero attached hydrogens (tertiary/aromatic N) is 2. The number of aromatic nitrogens is 1.